The predicted molar refractivity (Wildman–Crippen MR) is 120 cm³/mol. The number of ether oxygens (including phenoxy) is 1. The Labute approximate surface area is 186 Å². The van der Waals surface area contributed by atoms with Crippen LogP contribution in [0.25, 0.3) is 0 Å². The average molecular weight is 441 g/mol. The van der Waals surface area contributed by atoms with E-state index in [0.29, 0.717) is 30.2 Å². The lowest BCUT2D eigenvalue weighted by Crippen LogP contribution is -2.49. The van der Waals surface area contributed by atoms with E-state index in [1.165, 1.54) is 9.91 Å². The Bertz CT molecular complexity index is 965. The van der Waals surface area contributed by atoms with Crippen LogP contribution in [-0.2, 0) is 9.59 Å². The van der Waals surface area contributed by atoms with E-state index in [0.717, 1.165) is 0 Å². The van der Waals surface area contributed by atoms with Crippen LogP contribution in [0.5, 0.6) is 5.75 Å². The van der Waals surface area contributed by atoms with Crippen LogP contribution in [0.3, 0.4) is 0 Å². The van der Waals surface area contributed by atoms with Gasteiger partial charge in [-0.05, 0) is 62.5 Å². The molecule has 0 unspecified atom stereocenters. The number of anilines is 1. The van der Waals surface area contributed by atoms with Crippen LogP contribution in [0.15, 0.2) is 54.6 Å². The minimum atomic E-state index is -0.928. The summed E-state index contributed by atoms with van der Waals surface area (Å²) in [4.78, 5) is 39.4. The van der Waals surface area contributed by atoms with Crippen molar-refractivity contribution in [3.8, 4) is 5.75 Å². The number of hydrogen-bond acceptors (Lipinski definition) is 5. The molecule has 162 valence electrons. The third-order valence-corrected chi connectivity index (χ3v) is 5.12. The lowest BCUT2D eigenvalue weighted by atomic mass is 10.1. The molecule has 0 radical (unpaired) electrons. The summed E-state index contributed by atoms with van der Waals surface area (Å²) >= 11 is 5.38. The van der Waals surface area contributed by atoms with Gasteiger partial charge in [0.05, 0.1) is 13.0 Å². The number of hydrogen-bond donors (Lipinski definition) is 2. The van der Waals surface area contributed by atoms with E-state index in [-0.39, 0.29) is 23.3 Å². The molecule has 3 rings (SSSR count). The second-order valence-electron chi connectivity index (χ2n) is 6.77. The molecule has 2 aromatic rings. The molecular formula is C22H24N4O4S. The molecule has 0 spiro atoms. The maximum atomic E-state index is 12.8. The molecule has 1 atom stereocenters. The first-order valence-corrected chi connectivity index (χ1v) is 10.4. The summed E-state index contributed by atoms with van der Waals surface area (Å²) in [6, 6.07) is 14.6. The standard InChI is InChI=1S/C22H24N4O4S/c1-3-25-21(29)18(14-19(27)23-16-10-12-17(13-11-16)30-4-2)26(22(25)31)24-20(28)15-8-6-5-7-9-15/h5-13,18H,3-4,14H2,1-2H3,(H,23,27)(H,24,28)/t18-/m1/s1. The van der Waals surface area contributed by atoms with Gasteiger partial charge < -0.3 is 10.1 Å². The third-order valence-electron chi connectivity index (χ3n) is 4.70. The second kappa shape index (κ2) is 10.0. The molecule has 0 saturated carbocycles. The highest BCUT2D eigenvalue weighted by Gasteiger charge is 2.43. The summed E-state index contributed by atoms with van der Waals surface area (Å²) in [5.74, 6) is -0.416. The number of likely N-dealkylation sites (N-methyl/N-ethyl adjacent to an activating group) is 1. The molecule has 2 aromatic carbocycles. The molecule has 1 saturated heterocycles. The summed E-state index contributed by atoms with van der Waals surface area (Å²) in [7, 11) is 0. The highest BCUT2D eigenvalue weighted by molar-refractivity contribution is 7.80. The molecule has 1 aliphatic heterocycles. The van der Waals surface area contributed by atoms with E-state index in [2.05, 4.69) is 10.7 Å². The minimum absolute atomic E-state index is 0.163. The minimum Gasteiger partial charge on any atom is -0.494 e. The van der Waals surface area contributed by atoms with E-state index in [1.54, 1.807) is 61.5 Å². The maximum absolute atomic E-state index is 12.8. The van der Waals surface area contributed by atoms with E-state index in [9.17, 15) is 14.4 Å². The third kappa shape index (κ3) is 5.18. The molecule has 0 bridgehead atoms. The average Bonchev–Trinajstić information content (AvgIpc) is 2.99. The first-order valence-electron chi connectivity index (χ1n) is 9.97. The Balaban J connectivity index is 1.71. The van der Waals surface area contributed by atoms with Gasteiger partial charge >= 0.3 is 0 Å². The number of carbonyl (C=O) groups excluding carboxylic acids is 3. The number of benzene rings is 2. The molecule has 3 amide bonds. The van der Waals surface area contributed by atoms with Gasteiger partial charge in [0.1, 0.15) is 11.8 Å². The predicted octanol–water partition coefficient (Wildman–Crippen LogP) is 2.58. The van der Waals surface area contributed by atoms with Gasteiger partial charge in [-0.25, -0.2) is 5.01 Å². The summed E-state index contributed by atoms with van der Waals surface area (Å²) in [5, 5.41) is 4.23. The molecule has 0 aromatic heterocycles. The van der Waals surface area contributed by atoms with Crippen molar-refractivity contribution in [2.75, 3.05) is 18.5 Å². The number of nitrogens with zero attached hydrogens (tertiary/aromatic N) is 2. The van der Waals surface area contributed by atoms with Gasteiger partial charge in [-0.1, -0.05) is 18.2 Å². The van der Waals surface area contributed by atoms with Gasteiger partial charge in [0.25, 0.3) is 11.8 Å². The van der Waals surface area contributed by atoms with Gasteiger partial charge in [-0.3, -0.25) is 24.7 Å². The highest BCUT2D eigenvalue weighted by atomic mass is 32.1. The number of nitrogens with one attached hydrogen (secondary N) is 2. The Hall–Kier alpha value is -3.46. The van der Waals surface area contributed by atoms with Crippen molar-refractivity contribution < 1.29 is 19.1 Å². The normalized spacial score (nSPS) is 15.7. The Morgan fingerprint density at radius 1 is 1.06 bits per heavy atom. The number of rotatable bonds is 8. The zero-order chi connectivity index (χ0) is 22.4. The van der Waals surface area contributed by atoms with E-state index >= 15 is 0 Å². The van der Waals surface area contributed by atoms with Crippen LogP contribution in [-0.4, -0.2) is 51.9 Å². The van der Waals surface area contributed by atoms with Gasteiger partial charge in [-0.2, -0.15) is 0 Å². The summed E-state index contributed by atoms with van der Waals surface area (Å²) < 4.78 is 5.39. The van der Waals surface area contributed by atoms with E-state index in [4.69, 9.17) is 17.0 Å². The van der Waals surface area contributed by atoms with Crippen LogP contribution in [0, 0.1) is 0 Å². The number of hydrazine groups is 1. The number of carbonyl (C=O) groups is 3. The lowest BCUT2D eigenvalue weighted by molar-refractivity contribution is -0.130. The van der Waals surface area contributed by atoms with Crippen molar-refractivity contribution in [3.63, 3.8) is 0 Å². The largest absolute Gasteiger partial charge is 0.494 e. The molecule has 31 heavy (non-hydrogen) atoms. The molecule has 0 aliphatic carbocycles. The number of amides is 3. The van der Waals surface area contributed by atoms with E-state index < -0.39 is 11.9 Å². The van der Waals surface area contributed by atoms with Crippen molar-refractivity contribution >= 4 is 40.7 Å². The fraction of sp³-hybridized carbons (Fsp3) is 0.273. The SMILES string of the molecule is CCOc1ccc(NC(=O)C[C@@H]2C(=O)N(CC)C(=S)N2NC(=O)c2ccccc2)cc1. The van der Waals surface area contributed by atoms with E-state index in [1.807, 2.05) is 6.92 Å². The number of thiocarbonyl (C=S) groups is 1. The van der Waals surface area contributed by atoms with Crippen molar-refractivity contribution in [1.29, 1.82) is 0 Å². The maximum Gasteiger partial charge on any atom is 0.269 e. The molecule has 1 heterocycles. The zero-order valence-electron chi connectivity index (χ0n) is 17.3. The van der Waals surface area contributed by atoms with Crippen LogP contribution >= 0.6 is 12.2 Å². The van der Waals surface area contributed by atoms with Gasteiger partial charge in [0.2, 0.25) is 5.91 Å². The highest BCUT2D eigenvalue weighted by Crippen LogP contribution is 2.21. The summed E-state index contributed by atoms with van der Waals surface area (Å²) in [6.45, 7) is 4.56. The second-order valence-corrected chi connectivity index (χ2v) is 7.13. The van der Waals surface area contributed by atoms with Crippen LogP contribution < -0.4 is 15.5 Å². The fourth-order valence-electron chi connectivity index (χ4n) is 3.20. The first-order chi connectivity index (χ1) is 14.9. The molecule has 8 nitrogen and oxygen atoms in total. The van der Waals surface area contributed by atoms with Crippen molar-refractivity contribution in [1.82, 2.24) is 15.3 Å². The van der Waals surface area contributed by atoms with Crippen LogP contribution in [0.1, 0.15) is 30.6 Å². The first kappa shape index (κ1) is 22.2. The van der Waals surface area contributed by atoms with Gasteiger partial charge in [0.15, 0.2) is 5.11 Å². The Morgan fingerprint density at radius 3 is 2.35 bits per heavy atom. The van der Waals surface area contributed by atoms with Crippen molar-refractivity contribution in [3.05, 3.63) is 60.2 Å². The molecular weight excluding hydrogens is 416 g/mol. The van der Waals surface area contributed by atoms with Crippen LogP contribution in [0.4, 0.5) is 5.69 Å². The molecule has 2 N–H and O–H groups in total. The van der Waals surface area contributed by atoms with Crippen LogP contribution in [0.2, 0.25) is 0 Å². The lowest BCUT2D eigenvalue weighted by Gasteiger charge is -2.24. The van der Waals surface area contributed by atoms with Gasteiger partial charge in [-0.15, -0.1) is 0 Å². The fourth-order valence-corrected chi connectivity index (χ4v) is 3.59. The Kier molecular flexibility index (Phi) is 7.19. The summed E-state index contributed by atoms with van der Waals surface area (Å²) in [5.41, 5.74) is 3.67. The summed E-state index contributed by atoms with van der Waals surface area (Å²) in [6.07, 6.45) is -0.169. The topological polar surface area (TPSA) is 91.0 Å². The van der Waals surface area contributed by atoms with Crippen molar-refractivity contribution in [2.24, 2.45) is 0 Å². The Morgan fingerprint density at radius 2 is 1.74 bits per heavy atom. The zero-order valence-corrected chi connectivity index (χ0v) is 18.1. The van der Waals surface area contributed by atoms with Gasteiger partial charge in [0, 0.05) is 17.8 Å². The quantitative estimate of drug-likeness (QED) is 0.613. The monoisotopic (exact) mass is 440 g/mol. The molecule has 9 heteroatoms. The smallest absolute Gasteiger partial charge is 0.269 e. The molecule has 1 fully saturated rings. The molecule has 1 aliphatic rings. The van der Waals surface area contributed by atoms with Crippen molar-refractivity contribution in [2.45, 2.75) is 26.3 Å².